The average Bonchev–Trinajstić information content (AvgIpc) is 3.00. The van der Waals surface area contributed by atoms with E-state index in [1.807, 2.05) is 25.1 Å². The topological polar surface area (TPSA) is 30.7 Å². The molecule has 0 saturated carbocycles. The van der Waals surface area contributed by atoms with Gasteiger partial charge >= 0.3 is 0 Å². The first-order chi connectivity index (χ1) is 13.0. The van der Waals surface area contributed by atoms with E-state index in [-0.39, 0.29) is 5.82 Å². The fraction of sp³-hybridized carbons (Fsp3) is 0.182. The molecule has 4 aromatic rings. The van der Waals surface area contributed by atoms with E-state index < -0.39 is 0 Å². The van der Waals surface area contributed by atoms with E-state index in [0.29, 0.717) is 17.5 Å². The van der Waals surface area contributed by atoms with Crippen molar-refractivity contribution in [2.75, 3.05) is 0 Å². The number of halogens is 2. The second-order valence-electron chi connectivity index (χ2n) is 6.62. The van der Waals surface area contributed by atoms with E-state index in [1.165, 1.54) is 6.07 Å². The van der Waals surface area contributed by atoms with Crippen molar-refractivity contribution in [3.05, 3.63) is 76.0 Å². The van der Waals surface area contributed by atoms with Crippen molar-refractivity contribution in [3.63, 3.8) is 0 Å². The minimum atomic E-state index is -0.283. The van der Waals surface area contributed by atoms with Gasteiger partial charge in [0.25, 0.3) is 0 Å². The molecule has 0 aliphatic carbocycles. The van der Waals surface area contributed by atoms with Gasteiger partial charge < -0.3 is 4.57 Å². The number of benzene rings is 1. The summed E-state index contributed by atoms with van der Waals surface area (Å²) >= 11 is 3.43. The van der Waals surface area contributed by atoms with E-state index in [4.69, 9.17) is 4.98 Å². The summed E-state index contributed by atoms with van der Waals surface area (Å²) in [5.41, 5.74) is 5.06. The largest absolute Gasteiger partial charge is 0.303 e. The van der Waals surface area contributed by atoms with Crippen LogP contribution in [0.5, 0.6) is 0 Å². The van der Waals surface area contributed by atoms with Crippen LogP contribution in [0.25, 0.3) is 27.8 Å². The van der Waals surface area contributed by atoms with Crippen LogP contribution in [0.3, 0.4) is 0 Å². The van der Waals surface area contributed by atoms with Crippen LogP contribution in [0, 0.1) is 19.7 Å². The molecule has 5 heteroatoms. The first-order valence-electron chi connectivity index (χ1n) is 8.89. The normalized spacial score (nSPS) is 11.3. The molecule has 0 unspecified atom stereocenters. The van der Waals surface area contributed by atoms with Crippen molar-refractivity contribution >= 4 is 26.8 Å². The second-order valence-corrected chi connectivity index (χ2v) is 7.53. The summed E-state index contributed by atoms with van der Waals surface area (Å²) in [6, 6.07) is 13.3. The molecule has 0 bridgehead atoms. The molecule has 0 radical (unpaired) electrons. The zero-order valence-electron chi connectivity index (χ0n) is 15.4. The molecular weight excluding hydrogens is 405 g/mol. The molecule has 0 saturated heterocycles. The fourth-order valence-electron chi connectivity index (χ4n) is 3.55. The van der Waals surface area contributed by atoms with Crippen LogP contribution in [0.4, 0.5) is 4.39 Å². The van der Waals surface area contributed by atoms with E-state index in [0.717, 1.165) is 38.3 Å². The van der Waals surface area contributed by atoms with Gasteiger partial charge in [-0.05, 0) is 78.7 Å². The number of aromatic nitrogens is 3. The summed E-state index contributed by atoms with van der Waals surface area (Å²) in [5, 5.41) is 0.893. The number of pyridine rings is 2. The zero-order valence-corrected chi connectivity index (χ0v) is 17.0. The van der Waals surface area contributed by atoms with Gasteiger partial charge in [-0.15, -0.1) is 0 Å². The molecule has 0 spiro atoms. The van der Waals surface area contributed by atoms with E-state index in [1.54, 1.807) is 12.3 Å². The Morgan fingerprint density at radius 3 is 2.48 bits per heavy atom. The van der Waals surface area contributed by atoms with Gasteiger partial charge in [0.15, 0.2) is 0 Å². The lowest BCUT2D eigenvalue weighted by molar-refractivity contribution is 0.632. The Morgan fingerprint density at radius 2 is 1.78 bits per heavy atom. The second kappa shape index (κ2) is 6.89. The zero-order chi connectivity index (χ0) is 19.1. The molecule has 3 heterocycles. The maximum atomic E-state index is 14.8. The van der Waals surface area contributed by atoms with Gasteiger partial charge in [0.2, 0.25) is 0 Å². The molecule has 0 aliphatic heterocycles. The fourth-order valence-corrected chi connectivity index (χ4v) is 3.90. The first kappa shape index (κ1) is 17.9. The number of fused-ring (bicyclic) bond motifs is 1. The third-order valence-corrected chi connectivity index (χ3v) is 5.27. The predicted molar refractivity (Wildman–Crippen MR) is 111 cm³/mol. The van der Waals surface area contributed by atoms with Crippen LogP contribution in [0.1, 0.15) is 24.0 Å². The Morgan fingerprint density at radius 1 is 1.04 bits per heavy atom. The number of hydrogen-bond acceptors (Lipinski definition) is 2. The molecule has 4 rings (SSSR count). The molecule has 0 amide bonds. The summed E-state index contributed by atoms with van der Waals surface area (Å²) in [4.78, 5) is 9.33. The molecule has 3 nitrogen and oxygen atoms in total. The van der Waals surface area contributed by atoms with Crippen molar-refractivity contribution in [3.8, 4) is 16.9 Å². The molecule has 1 aromatic carbocycles. The maximum absolute atomic E-state index is 14.8. The smallest absolute Gasteiger partial charge is 0.137 e. The molecule has 0 N–H and O–H groups in total. The SMILES string of the molecule is CCc1nc(-n2c(C)ccc2C)ccc1-c1c(F)ccc2cc(Br)cnc12. The Hall–Kier alpha value is -2.53. The Balaban J connectivity index is 1.96. The van der Waals surface area contributed by atoms with Gasteiger partial charge in [-0.1, -0.05) is 6.92 Å². The van der Waals surface area contributed by atoms with Gasteiger partial charge in [0.05, 0.1) is 11.2 Å². The van der Waals surface area contributed by atoms with Crippen LogP contribution >= 0.6 is 15.9 Å². The quantitative estimate of drug-likeness (QED) is 0.394. The Bertz CT molecular complexity index is 1140. The molecular formula is C22H19BrFN3. The third kappa shape index (κ3) is 3.06. The summed E-state index contributed by atoms with van der Waals surface area (Å²) in [6.07, 6.45) is 2.40. The van der Waals surface area contributed by atoms with Gasteiger partial charge in [-0.25, -0.2) is 9.37 Å². The number of rotatable bonds is 3. The monoisotopic (exact) mass is 423 g/mol. The summed E-state index contributed by atoms with van der Waals surface area (Å²) in [6.45, 7) is 6.15. The van der Waals surface area contributed by atoms with Crippen LogP contribution in [0.15, 0.2) is 53.1 Å². The highest BCUT2D eigenvalue weighted by molar-refractivity contribution is 9.10. The number of aryl methyl sites for hydroxylation is 3. The van der Waals surface area contributed by atoms with E-state index >= 15 is 0 Å². The van der Waals surface area contributed by atoms with Gasteiger partial charge in [-0.3, -0.25) is 4.98 Å². The molecule has 0 fully saturated rings. The van der Waals surface area contributed by atoms with E-state index in [9.17, 15) is 4.39 Å². The summed E-state index contributed by atoms with van der Waals surface area (Å²) in [7, 11) is 0. The lowest BCUT2D eigenvalue weighted by atomic mass is 9.98. The van der Waals surface area contributed by atoms with Crippen molar-refractivity contribution in [1.29, 1.82) is 0 Å². The van der Waals surface area contributed by atoms with Crippen LogP contribution in [0.2, 0.25) is 0 Å². The molecule has 27 heavy (non-hydrogen) atoms. The number of hydrogen-bond donors (Lipinski definition) is 0. The van der Waals surface area contributed by atoms with Crippen LogP contribution in [-0.2, 0) is 6.42 Å². The highest BCUT2D eigenvalue weighted by Crippen LogP contribution is 2.34. The average molecular weight is 424 g/mol. The van der Waals surface area contributed by atoms with E-state index in [2.05, 4.69) is 51.5 Å². The van der Waals surface area contributed by atoms with Crippen LogP contribution < -0.4 is 0 Å². The minimum Gasteiger partial charge on any atom is -0.303 e. The third-order valence-electron chi connectivity index (χ3n) is 4.83. The Kier molecular flexibility index (Phi) is 4.56. The maximum Gasteiger partial charge on any atom is 0.137 e. The highest BCUT2D eigenvalue weighted by Gasteiger charge is 2.17. The van der Waals surface area contributed by atoms with Gasteiger partial charge in [-0.2, -0.15) is 0 Å². The van der Waals surface area contributed by atoms with Gasteiger partial charge in [0.1, 0.15) is 11.6 Å². The molecule has 3 aromatic heterocycles. The summed E-state index contributed by atoms with van der Waals surface area (Å²) in [5.74, 6) is 0.571. The molecule has 0 atom stereocenters. The molecule has 136 valence electrons. The van der Waals surface area contributed by atoms with Crippen molar-refractivity contribution in [2.45, 2.75) is 27.2 Å². The lowest BCUT2D eigenvalue weighted by Gasteiger charge is -2.15. The molecule has 0 aliphatic rings. The number of nitrogens with zero attached hydrogens (tertiary/aromatic N) is 3. The highest BCUT2D eigenvalue weighted by atomic mass is 79.9. The van der Waals surface area contributed by atoms with Crippen molar-refractivity contribution in [1.82, 2.24) is 14.5 Å². The van der Waals surface area contributed by atoms with Crippen LogP contribution in [-0.4, -0.2) is 14.5 Å². The van der Waals surface area contributed by atoms with Crippen molar-refractivity contribution < 1.29 is 4.39 Å². The minimum absolute atomic E-state index is 0.283. The summed E-state index contributed by atoms with van der Waals surface area (Å²) < 4.78 is 17.8. The Labute approximate surface area is 166 Å². The lowest BCUT2D eigenvalue weighted by Crippen LogP contribution is -2.05. The first-order valence-corrected chi connectivity index (χ1v) is 9.68. The predicted octanol–water partition coefficient (Wildman–Crippen LogP) is 6.17. The standard InChI is InChI=1S/C22H19BrFN3/c1-4-19-17(8-10-20(26-19)27-13(2)5-6-14(27)3)21-18(24)9-7-15-11-16(23)12-25-22(15)21/h5-12H,4H2,1-3H3. The van der Waals surface area contributed by atoms with Gasteiger partial charge in [0, 0.05) is 38.6 Å². The van der Waals surface area contributed by atoms with Crippen molar-refractivity contribution in [2.24, 2.45) is 0 Å².